The van der Waals surface area contributed by atoms with Crippen LogP contribution < -0.4 is 0 Å². The quantitative estimate of drug-likeness (QED) is 0.0749. The minimum absolute atomic E-state index is 0.0317. The molecule has 7 aliphatic rings. The van der Waals surface area contributed by atoms with Crippen LogP contribution in [0.3, 0.4) is 0 Å². The molecule has 0 amide bonds. The zero-order valence-corrected chi connectivity index (χ0v) is 54.8. The van der Waals surface area contributed by atoms with Crippen molar-refractivity contribution in [2.24, 2.45) is 23.7 Å². The molecule has 12 rings (SSSR count). The number of aliphatic hydroxyl groups excluding tert-OH is 2. The summed E-state index contributed by atoms with van der Waals surface area (Å²) in [6.07, 6.45) is 10.3. The summed E-state index contributed by atoms with van der Waals surface area (Å²) in [6, 6.07) is 13.5. The van der Waals surface area contributed by atoms with Gasteiger partial charge in [0.05, 0.1) is 70.6 Å². The first-order valence-corrected chi connectivity index (χ1v) is 33.7. The van der Waals surface area contributed by atoms with Crippen LogP contribution in [0.25, 0.3) is 32.8 Å². The molecule has 89 heavy (non-hydrogen) atoms. The Morgan fingerprint density at radius 1 is 0.910 bits per heavy atom. The van der Waals surface area contributed by atoms with Gasteiger partial charge >= 0.3 is 5.97 Å². The van der Waals surface area contributed by atoms with Gasteiger partial charge in [-0.2, -0.15) is 0 Å². The van der Waals surface area contributed by atoms with E-state index in [4.69, 9.17) is 47.4 Å². The predicted octanol–water partition coefficient (Wildman–Crippen LogP) is 10.3. The highest BCUT2D eigenvalue weighted by Gasteiger charge is 2.60. The number of rotatable bonds is 10. The maximum Gasteiger partial charge on any atom is 0.316 e. The van der Waals surface area contributed by atoms with E-state index in [-0.39, 0.29) is 47.8 Å². The average molecular weight is 1280 g/mol. The molecular weight excluding hydrogens is 1200 g/mol. The maximum absolute atomic E-state index is 14.3. The zero-order chi connectivity index (χ0) is 63.3. The predicted molar refractivity (Wildman–Crippen MR) is 340 cm³/mol. The van der Waals surface area contributed by atoms with Gasteiger partial charge in [0.15, 0.2) is 24.2 Å². The van der Waals surface area contributed by atoms with Gasteiger partial charge in [0.2, 0.25) is 5.12 Å². The first kappa shape index (κ1) is 67.0. The number of imidazole rings is 1. The average Bonchev–Trinajstić information content (AvgIpc) is 1.67. The highest BCUT2D eigenvalue weighted by molar-refractivity contribution is 8.13. The Morgan fingerprint density at radius 2 is 1.66 bits per heavy atom. The van der Waals surface area contributed by atoms with Crippen molar-refractivity contribution in [1.82, 2.24) is 24.5 Å². The lowest BCUT2D eigenvalue weighted by Crippen LogP contribution is -2.58. The second kappa shape index (κ2) is 29.4. The van der Waals surface area contributed by atoms with E-state index < -0.39 is 90.8 Å². The van der Waals surface area contributed by atoms with Crippen LogP contribution >= 0.6 is 34.6 Å². The van der Waals surface area contributed by atoms with Gasteiger partial charge in [-0.25, -0.2) is 9.97 Å². The SMILES string of the molecule is CCC(C)[C@H]1O[C@]2(C=C[C@@H]1C)C[C@@H]1C[C@@H](C/C=C(\C)[C@@H](O[C@H]3C[C@H](OC)[C@@H](O[C@H]4C[C@H](OC)[C@@H](O)[C@H](C)O4)[C@H](C)O3)[C@@H](C)/C=C/C=C3\CO[C@@H]4[C@H](O)C(C)=C[C@@H](C(=O)O1)[C@]34O)O2.CSC(=O)c1cccc2nnsc12.c1ccc2[nH]c(-c3cscn3)nc2c1. The number of carbonyl (C=O) groups excluding carboxylic acids is 2. The molecule has 3 aromatic heterocycles. The number of para-hydroxylation sites is 2. The summed E-state index contributed by atoms with van der Waals surface area (Å²) in [5.41, 5.74) is 6.39. The van der Waals surface area contributed by atoms with Gasteiger partial charge < -0.3 is 67.7 Å². The molecule has 9 heterocycles. The summed E-state index contributed by atoms with van der Waals surface area (Å²) in [5, 5.41) is 40.2. The third kappa shape index (κ3) is 14.8. The third-order valence-corrected chi connectivity index (χ3v) is 20.2. The summed E-state index contributed by atoms with van der Waals surface area (Å²) in [5.74, 6) is -1.72. The first-order valence-electron chi connectivity index (χ1n) is 30.7. The molecule has 20 atom stereocenters. The van der Waals surface area contributed by atoms with Crippen molar-refractivity contribution in [1.29, 1.82) is 0 Å². The molecule has 4 saturated heterocycles. The molecule has 0 saturated carbocycles. The first-order chi connectivity index (χ1) is 42.8. The fourth-order valence-corrected chi connectivity index (χ4v) is 14.7. The van der Waals surface area contributed by atoms with E-state index in [0.29, 0.717) is 48.8 Å². The van der Waals surface area contributed by atoms with Crippen molar-refractivity contribution >= 4 is 67.0 Å². The summed E-state index contributed by atoms with van der Waals surface area (Å²) in [7, 11) is 3.22. The van der Waals surface area contributed by atoms with Gasteiger partial charge in [0.1, 0.15) is 53.2 Å². The number of aromatic nitrogens is 5. The van der Waals surface area contributed by atoms with E-state index in [9.17, 15) is 24.9 Å². The summed E-state index contributed by atoms with van der Waals surface area (Å²) in [4.78, 5) is 37.7. The normalized spacial score (nSPS) is 37.5. The zero-order valence-electron chi connectivity index (χ0n) is 52.3. The molecule has 1 aliphatic carbocycles. The topological polar surface area (TPSA) is 254 Å². The van der Waals surface area contributed by atoms with Crippen molar-refractivity contribution in [3.05, 3.63) is 118 Å². The molecule has 20 nitrogen and oxygen atoms in total. The standard InChI is InChI=1S/C48H72O14.C10H7N3S.C8H6N2OS2/c1-11-25(2)43-28(5)17-18-47(62-43)23-34-20-33(61-47)16-15-27(4)42(26(3)13-12-14-32-24-55-45-40(49)29(6)19-35(46(51)58-34)48(32,45)52)59-39-22-37(54-10)44(31(8)57-39)60-38-21-36(53-9)41(50)30(7)56-38;1-2-4-8-7(3-1)12-10(13-8)9-5-14-6-11-9;1-12-8(11)5-3-2-4-6-7(5)13-10-9-6/h12-15,17-19,25-26,28,30-31,33-45,49-50,52H,11,16,20-24H2,1-10H3;1-6H,(H,12,13);2-4H,1H3/b13-12+,27-15+,32-14+;;/t25?,26-,28-,30-,31-,33+,34-,35-,36-,37-,38-,39-,40+,41-,42-,43+,44-,45+,47+,48+;;/m0../s1. The monoisotopic (exact) mass is 1280 g/mol. The van der Waals surface area contributed by atoms with E-state index >= 15 is 0 Å². The number of aromatic amines is 1. The molecule has 2 bridgehead atoms. The van der Waals surface area contributed by atoms with Crippen molar-refractivity contribution in [2.75, 3.05) is 27.1 Å². The maximum atomic E-state index is 14.3. The number of thioether (sulfide) groups is 1. The number of hydrogen-bond acceptors (Lipinski definition) is 22. The van der Waals surface area contributed by atoms with E-state index in [2.05, 4.69) is 64.4 Å². The smallest absolute Gasteiger partial charge is 0.316 e. The Kier molecular flexibility index (Phi) is 22.1. The lowest BCUT2D eigenvalue weighted by Gasteiger charge is -2.48. The molecule has 5 aromatic rings. The van der Waals surface area contributed by atoms with Gasteiger partial charge in [-0.15, -0.1) is 16.4 Å². The Bertz CT molecular complexity index is 3340. The van der Waals surface area contributed by atoms with Crippen molar-refractivity contribution in [3.8, 4) is 11.5 Å². The van der Waals surface area contributed by atoms with E-state index in [0.717, 1.165) is 44.8 Å². The molecule has 1 spiro atoms. The number of H-pyrrole nitrogens is 1. The van der Waals surface area contributed by atoms with Crippen LogP contribution in [0.4, 0.5) is 0 Å². The van der Waals surface area contributed by atoms with Crippen LogP contribution in [0.5, 0.6) is 0 Å². The fourth-order valence-electron chi connectivity index (χ4n) is 13.0. The van der Waals surface area contributed by atoms with Crippen LogP contribution in [0.15, 0.2) is 113 Å². The molecule has 0 radical (unpaired) electrons. The van der Waals surface area contributed by atoms with Gasteiger partial charge in [0.25, 0.3) is 0 Å². The van der Waals surface area contributed by atoms with Gasteiger partial charge in [-0.3, -0.25) is 9.59 Å². The Hall–Kier alpha value is -4.93. The van der Waals surface area contributed by atoms with E-state index in [1.54, 1.807) is 63.9 Å². The number of allylic oxidation sites excluding steroid dienone is 2. The number of methoxy groups -OCH3 is 2. The number of nitrogens with zero attached hydrogens (tertiary/aromatic N) is 4. The molecule has 2 aromatic carbocycles. The van der Waals surface area contributed by atoms with Crippen molar-refractivity contribution < 1.29 is 72.3 Å². The van der Waals surface area contributed by atoms with Crippen molar-refractivity contribution in [2.45, 2.75) is 191 Å². The van der Waals surface area contributed by atoms with Gasteiger partial charge in [0, 0.05) is 62.7 Å². The fraction of sp³-hybridized carbons (Fsp3) is 0.576. The second-order valence-electron chi connectivity index (χ2n) is 24.4. The highest BCUT2D eigenvalue weighted by Crippen LogP contribution is 2.47. The molecule has 4 fully saturated rings. The summed E-state index contributed by atoms with van der Waals surface area (Å²) in [6.45, 7) is 16.1. The third-order valence-electron chi connectivity index (χ3n) is 18.2. The minimum atomic E-state index is -1.84. The summed E-state index contributed by atoms with van der Waals surface area (Å²) >= 11 is 4.04. The largest absolute Gasteiger partial charge is 0.462 e. The number of ether oxygens (including phenoxy) is 10. The highest BCUT2D eigenvalue weighted by atomic mass is 32.2. The second-order valence-corrected chi connectivity index (χ2v) is 26.6. The number of aliphatic hydroxyl groups is 3. The van der Waals surface area contributed by atoms with Gasteiger partial charge in [-0.1, -0.05) is 105 Å². The number of benzene rings is 2. The van der Waals surface area contributed by atoms with E-state index in [1.165, 1.54) is 23.3 Å². The van der Waals surface area contributed by atoms with Crippen LogP contribution in [0.2, 0.25) is 0 Å². The summed E-state index contributed by atoms with van der Waals surface area (Å²) < 4.78 is 68.4. The minimum Gasteiger partial charge on any atom is -0.462 e. The molecule has 6 aliphatic heterocycles. The molecule has 1 unspecified atom stereocenters. The number of thiazole rings is 1. The van der Waals surface area contributed by atoms with Gasteiger partial charge in [-0.05, 0) is 105 Å². The molecule has 4 N–H and O–H groups in total. The Labute approximate surface area is 532 Å². The van der Waals surface area contributed by atoms with Crippen LogP contribution in [0, 0.1) is 23.7 Å². The number of nitrogens with one attached hydrogen (secondary N) is 1. The van der Waals surface area contributed by atoms with Crippen molar-refractivity contribution in [3.63, 3.8) is 0 Å². The molecular formula is C66H85N5O15S3. The lowest BCUT2D eigenvalue weighted by molar-refractivity contribution is -0.318. The lowest BCUT2D eigenvalue weighted by atomic mass is 9.71. The number of esters is 1. The number of carbonyl (C=O) groups is 2. The molecule has 482 valence electrons. The Morgan fingerprint density at radius 3 is 2.40 bits per heavy atom. The Balaban J connectivity index is 0.000000260. The number of fused-ring (bicyclic) bond motifs is 4. The van der Waals surface area contributed by atoms with Crippen LogP contribution in [0.1, 0.15) is 104 Å². The van der Waals surface area contributed by atoms with E-state index in [1.807, 2.05) is 79.4 Å². The number of hydrogen-bond donors (Lipinski definition) is 4. The molecule has 23 heteroatoms. The van der Waals surface area contributed by atoms with Crippen LogP contribution in [-0.2, 0) is 52.2 Å². The van der Waals surface area contributed by atoms with Crippen LogP contribution in [-0.4, -0.2) is 175 Å².